The summed E-state index contributed by atoms with van der Waals surface area (Å²) in [6, 6.07) is 3.57. The van der Waals surface area contributed by atoms with Crippen molar-refractivity contribution in [2.24, 2.45) is 5.92 Å². The first-order chi connectivity index (χ1) is 7.13. The van der Waals surface area contributed by atoms with Gasteiger partial charge < -0.3 is 9.73 Å². The van der Waals surface area contributed by atoms with Crippen LogP contribution in [-0.4, -0.2) is 18.7 Å². The van der Waals surface area contributed by atoms with Gasteiger partial charge in [-0.15, -0.1) is 0 Å². The molecule has 0 atom stereocenters. The maximum atomic E-state index is 11.6. The van der Waals surface area contributed by atoms with Crippen molar-refractivity contribution in [3.8, 4) is 0 Å². The van der Waals surface area contributed by atoms with Crippen LogP contribution in [-0.2, 0) is 5.75 Å². The van der Waals surface area contributed by atoms with E-state index in [9.17, 15) is 4.79 Å². The van der Waals surface area contributed by atoms with Crippen LogP contribution in [0, 0.1) is 5.92 Å². The Balaban J connectivity index is 2.50. The number of rotatable bonds is 5. The van der Waals surface area contributed by atoms with Crippen LogP contribution in [0.3, 0.4) is 0 Å². The molecule has 0 fully saturated rings. The number of amides is 1. The molecule has 4 heteroatoms. The lowest BCUT2D eigenvalue weighted by Crippen LogP contribution is -2.26. The monoisotopic (exact) mass is 227 g/mol. The van der Waals surface area contributed by atoms with Crippen molar-refractivity contribution in [1.29, 1.82) is 0 Å². The Kier molecular flexibility index (Phi) is 4.75. The van der Waals surface area contributed by atoms with E-state index < -0.39 is 0 Å². The summed E-state index contributed by atoms with van der Waals surface area (Å²) in [5, 5.41) is 2.81. The molecule has 1 heterocycles. The van der Waals surface area contributed by atoms with Gasteiger partial charge in [-0.3, -0.25) is 4.79 Å². The third-order valence-electron chi connectivity index (χ3n) is 1.84. The van der Waals surface area contributed by atoms with Crippen LogP contribution >= 0.6 is 11.8 Å². The Labute approximate surface area is 94.6 Å². The molecule has 0 radical (unpaired) electrons. The number of thioether (sulfide) groups is 1. The summed E-state index contributed by atoms with van der Waals surface area (Å²) in [5.41, 5.74) is 0. The number of hydrogen-bond donors (Lipinski definition) is 1. The molecule has 1 N–H and O–H groups in total. The molecule has 3 nitrogen and oxygen atoms in total. The van der Waals surface area contributed by atoms with Crippen molar-refractivity contribution >= 4 is 17.7 Å². The molecule has 0 spiro atoms. The average molecular weight is 227 g/mol. The maximum Gasteiger partial charge on any atom is 0.287 e. The highest BCUT2D eigenvalue weighted by Gasteiger charge is 2.10. The van der Waals surface area contributed by atoms with Crippen molar-refractivity contribution < 1.29 is 9.21 Å². The van der Waals surface area contributed by atoms with Crippen LogP contribution in [0.25, 0.3) is 0 Å². The first-order valence-corrected chi connectivity index (χ1v) is 6.38. The van der Waals surface area contributed by atoms with Gasteiger partial charge in [-0.2, -0.15) is 11.8 Å². The molecule has 15 heavy (non-hydrogen) atoms. The normalized spacial score (nSPS) is 10.7. The Bertz CT molecular complexity index is 320. The molecule has 0 bridgehead atoms. The summed E-state index contributed by atoms with van der Waals surface area (Å²) in [7, 11) is 0. The zero-order valence-corrected chi connectivity index (χ0v) is 10.2. The van der Waals surface area contributed by atoms with Crippen molar-refractivity contribution in [3.63, 3.8) is 0 Å². The number of nitrogens with one attached hydrogen (secondary N) is 1. The Morgan fingerprint density at radius 3 is 2.87 bits per heavy atom. The third kappa shape index (κ3) is 4.00. The molecule has 0 saturated carbocycles. The van der Waals surface area contributed by atoms with Gasteiger partial charge in [0.2, 0.25) is 0 Å². The summed E-state index contributed by atoms with van der Waals surface area (Å²) in [6.07, 6.45) is 2.00. The second-order valence-corrected chi connectivity index (χ2v) is 4.67. The summed E-state index contributed by atoms with van der Waals surface area (Å²) in [6.45, 7) is 4.79. The fourth-order valence-electron chi connectivity index (χ4n) is 1.10. The van der Waals surface area contributed by atoms with Crippen LogP contribution in [0.5, 0.6) is 0 Å². The van der Waals surface area contributed by atoms with Gasteiger partial charge in [0.25, 0.3) is 5.91 Å². The topological polar surface area (TPSA) is 42.2 Å². The molecule has 1 amide bonds. The highest BCUT2D eigenvalue weighted by atomic mass is 32.2. The van der Waals surface area contributed by atoms with E-state index >= 15 is 0 Å². The minimum atomic E-state index is -0.129. The standard InChI is InChI=1S/C11H17NO2S/c1-8(2)6-12-11(13)10-5-4-9(14-10)7-15-3/h4-5,8H,6-7H2,1-3H3,(H,12,13). The number of carbonyl (C=O) groups is 1. The van der Waals surface area contributed by atoms with E-state index in [0.29, 0.717) is 18.2 Å². The fourth-order valence-corrected chi connectivity index (χ4v) is 1.54. The van der Waals surface area contributed by atoms with E-state index in [1.807, 2.05) is 12.3 Å². The molecule has 0 aliphatic heterocycles. The van der Waals surface area contributed by atoms with Gasteiger partial charge in [0, 0.05) is 6.54 Å². The summed E-state index contributed by atoms with van der Waals surface area (Å²) in [4.78, 5) is 11.6. The zero-order valence-electron chi connectivity index (χ0n) is 9.37. The van der Waals surface area contributed by atoms with Gasteiger partial charge in [-0.1, -0.05) is 13.8 Å². The van der Waals surface area contributed by atoms with Gasteiger partial charge in [0.1, 0.15) is 5.76 Å². The first-order valence-electron chi connectivity index (χ1n) is 4.99. The van der Waals surface area contributed by atoms with Gasteiger partial charge in [0.05, 0.1) is 5.75 Å². The molecule has 1 aromatic heterocycles. The van der Waals surface area contributed by atoms with Crippen LogP contribution in [0.15, 0.2) is 16.5 Å². The van der Waals surface area contributed by atoms with Crippen molar-refractivity contribution in [1.82, 2.24) is 5.32 Å². The quantitative estimate of drug-likeness (QED) is 0.840. The first kappa shape index (κ1) is 12.2. The van der Waals surface area contributed by atoms with Crippen LogP contribution in [0.4, 0.5) is 0 Å². The lowest BCUT2D eigenvalue weighted by molar-refractivity contribution is 0.0920. The second kappa shape index (κ2) is 5.85. The Morgan fingerprint density at radius 1 is 1.53 bits per heavy atom. The molecular formula is C11H17NO2S. The maximum absolute atomic E-state index is 11.6. The van der Waals surface area contributed by atoms with E-state index in [1.54, 1.807) is 17.8 Å². The number of carbonyl (C=O) groups excluding carboxylic acids is 1. The molecule has 1 aromatic rings. The SMILES string of the molecule is CSCc1ccc(C(=O)NCC(C)C)o1. The molecule has 0 aromatic carbocycles. The van der Waals surface area contributed by atoms with Gasteiger partial charge in [-0.25, -0.2) is 0 Å². The van der Waals surface area contributed by atoms with Crippen LogP contribution in [0.1, 0.15) is 30.2 Å². The van der Waals surface area contributed by atoms with E-state index in [4.69, 9.17) is 4.42 Å². The molecule has 0 aliphatic rings. The molecule has 0 saturated heterocycles. The predicted molar refractivity (Wildman–Crippen MR) is 63.1 cm³/mol. The van der Waals surface area contributed by atoms with Gasteiger partial charge in [0.15, 0.2) is 5.76 Å². The number of hydrogen-bond acceptors (Lipinski definition) is 3. The van der Waals surface area contributed by atoms with E-state index in [1.165, 1.54) is 0 Å². The lowest BCUT2D eigenvalue weighted by atomic mass is 10.2. The van der Waals surface area contributed by atoms with Crippen LogP contribution < -0.4 is 5.32 Å². The Hall–Kier alpha value is -0.900. The van der Waals surface area contributed by atoms with Crippen molar-refractivity contribution in [3.05, 3.63) is 23.7 Å². The van der Waals surface area contributed by atoms with E-state index in [2.05, 4.69) is 19.2 Å². The van der Waals surface area contributed by atoms with Crippen molar-refractivity contribution in [2.75, 3.05) is 12.8 Å². The summed E-state index contributed by atoms with van der Waals surface area (Å²) < 4.78 is 5.39. The van der Waals surface area contributed by atoms with Gasteiger partial charge >= 0.3 is 0 Å². The predicted octanol–water partition coefficient (Wildman–Crippen LogP) is 2.53. The second-order valence-electron chi connectivity index (χ2n) is 3.80. The lowest BCUT2D eigenvalue weighted by Gasteiger charge is -2.05. The minimum absolute atomic E-state index is 0.129. The minimum Gasteiger partial charge on any atom is -0.455 e. The highest BCUT2D eigenvalue weighted by Crippen LogP contribution is 2.13. The molecule has 0 unspecified atom stereocenters. The van der Waals surface area contributed by atoms with Crippen LogP contribution in [0.2, 0.25) is 0 Å². The van der Waals surface area contributed by atoms with E-state index in [-0.39, 0.29) is 5.91 Å². The van der Waals surface area contributed by atoms with E-state index in [0.717, 1.165) is 11.5 Å². The molecule has 0 aliphatic carbocycles. The van der Waals surface area contributed by atoms with Gasteiger partial charge in [-0.05, 0) is 24.3 Å². The fraction of sp³-hybridized carbons (Fsp3) is 0.545. The highest BCUT2D eigenvalue weighted by molar-refractivity contribution is 7.97. The average Bonchev–Trinajstić information content (AvgIpc) is 2.63. The third-order valence-corrected chi connectivity index (χ3v) is 2.42. The molecular weight excluding hydrogens is 210 g/mol. The Morgan fingerprint density at radius 2 is 2.27 bits per heavy atom. The van der Waals surface area contributed by atoms with Crippen molar-refractivity contribution in [2.45, 2.75) is 19.6 Å². The summed E-state index contributed by atoms with van der Waals surface area (Å²) in [5.74, 6) is 2.37. The largest absolute Gasteiger partial charge is 0.455 e. The zero-order chi connectivity index (χ0) is 11.3. The number of furan rings is 1. The molecule has 1 rings (SSSR count). The smallest absolute Gasteiger partial charge is 0.287 e. The molecule has 84 valence electrons. The summed E-state index contributed by atoms with van der Waals surface area (Å²) >= 11 is 1.67.